The predicted octanol–water partition coefficient (Wildman–Crippen LogP) is 3.32. The molecule has 11 heteroatoms. The molecule has 3 aromatic heterocycles. The van der Waals surface area contributed by atoms with Crippen LogP contribution in [0.5, 0.6) is 11.5 Å². The summed E-state index contributed by atoms with van der Waals surface area (Å²) in [6, 6.07) is 16.6. The number of likely N-dealkylation sites (tertiary alicyclic amines) is 1. The third-order valence-electron chi connectivity index (χ3n) is 6.98. The number of H-pyrrole nitrogens is 1. The highest BCUT2D eigenvalue weighted by atomic mass is 16.5. The number of nitrogens with one attached hydrogen (secondary N) is 1. The highest BCUT2D eigenvalue weighted by molar-refractivity contribution is 5.98. The molecule has 11 nitrogen and oxygen atoms in total. The van der Waals surface area contributed by atoms with E-state index in [-0.39, 0.29) is 11.9 Å². The molecule has 2 aromatic carbocycles. The van der Waals surface area contributed by atoms with Crippen LogP contribution in [0.2, 0.25) is 0 Å². The number of aromatic nitrogens is 6. The van der Waals surface area contributed by atoms with Crippen molar-refractivity contribution in [1.29, 1.82) is 0 Å². The summed E-state index contributed by atoms with van der Waals surface area (Å²) in [7, 11) is 0. The number of nitrogen functional groups attached to an aromatic ring is 1. The smallest absolute Gasteiger partial charge is 0.239 e. The largest absolute Gasteiger partial charge is 0.457 e. The van der Waals surface area contributed by atoms with E-state index in [1.165, 1.54) is 6.33 Å². The minimum atomic E-state index is -0.661. The number of anilines is 1. The number of ether oxygens (including phenoxy) is 1. The number of nitrogens with zero attached hydrogens (tertiary/aromatic N) is 6. The normalized spacial score (nSPS) is 16.3. The zero-order valence-electron chi connectivity index (χ0n) is 21.3. The monoisotopic (exact) mass is 523 g/mol. The van der Waals surface area contributed by atoms with E-state index in [0.717, 1.165) is 29.8 Å². The standard InChI is InChI=1S/C28H29N9O2/c29-23(13-19-14-31-16-32-19)28(38)36-12-4-5-20(15-36)37-27-24(26(30)33-17-34-27)25(35-37)18-8-10-22(11-9-18)39-21-6-2-1-3-7-21/h1-3,6-11,14,16-17,20,23H,4-5,12-13,15,29H2,(H,31,32)(H2,30,33,34). The summed E-state index contributed by atoms with van der Waals surface area (Å²) in [4.78, 5) is 30.9. The first kappa shape index (κ1) is 24.6. The molecule has 6 rings (SSSR count). The predicted molar refractivity (Wildman–Crippen MR) is 147 cm³/mol. The Morgan fingerprint density at radius 3 is 2.64 bits per heavy atom. The van der Waals surface area contributed by atoms with E-state index >= 15 is 0 Å². The maximum Gasteiger partial charge on any atom is 0.239 e. The lowest BCUT2D eigenvalue weighted by Gasteiger charge is -2.34. The fourth-order valence-electron chi connectivity index (χ4n) is 5.06. The van der Waals surface area contributed by atoms with Gasteiger partial charge in [0.15, 0.2) is 5.65 Å². The molecule has 0 radical (unpaired) electrons. The average molecular weight is 524 g/mol. The molecule has 4 heterocycles. The minimum absolute atomic E-state index is 0.0773. The molecule has 39 heavy (non-hydrogen) atoms. The number of rotatable bonds is 7. The summed E-state index contributed by atoms with van der Waals surface area (Å²) in [5.41, 5.74) is 15.5. The van der Waals surface area contributed by atoms with Gasteiger partial charge >= 0.3 is 0 Å². The molecular weight excluding hydrogens is 494 g/mol. The van der Waals surface area contributed by atoms with Crippen LogP contribution in [-0.2, 0) is 11.2 Å². The fraction of sp³-hybridized carbons (Fsp3) is 0.250. The minimum Gasteiger partial charge on any atom is -0.457 e. The molecule has 2 atom stereocenters. The molecule has 5 aromatic rings. The number of piperidine rings is 1. The van der Waals surface area contributed by atoms with Crippen molar-refractivity contribution in [1.82, 2.24) is 34.6 Å². The SMILES string of the molecule is Nc1ncnc2c1c(-c1ccc(Oc3ccccc3)cc1)nn2C1CCCN(C(=O)C(N)Cc2c[nH]cn2)C1. The van der Waals surface area contributed by atoms with Crippen molar-refractivity contribution in [2.75, 3.05) is 18.8 Å². The lowest BCUT2D eigenvalue weighted by molar-refractivity contribution is -0.134. The van der Waals surface area contributed by atoms with Crippen molar-refractivity contribution in [3.8, 4) is 22.8 Å². The number of aromatic amines is 1. The van der Waals surface area contributed by atoms with Crippen LogP contribution in [-0.4, -0.2) is 59.7 Å². The van der Waals surface area contributed by atoms with Crippen LogP contribution in [0.4, 0.5) is 5.82 Å². The van der Waals surface area contributed by atoms with Gasteiger partial charge in [-0.3, -0.25) is 4.79 Å². The molecule has 0 saturated carbocycles. The van der Waals surface area contributed by atoms with Gasteiger partial charge in [0, 0.05) is 31.3 Å². The van der Waals surface area contributed by atoms with E-state index in [1.54, 1.807) is 12.5 Å². The highest BCUT2D eigenvalue weighted by Crippen LogP contribution is 2.35. The molecule has 1 aliphatic rings. The Morgan fingerprint density at radius 2 is 1.87 bits per heavy atom. The van der Waals surface area contributed by atoms with Gasteiger partial charge in [0.1, 0.15) is 29.3 Å². The van der Waals surface area contributed by atoms with Crippen molar-refractivity contribution in [2.45, 2.75) is 31.3 Å². The van der Waals surface area contributed by atoms with E-state index in [2.05, 4.69) is 19.9 Å². The lowest BCUT2D eigenvalue weighted by atomic mass is 10.0. The lowest BCUT2D eigenvalue weighted by Crippen LogP contribution is -2.49. The van der Waals surface area contributed by atoms with Gasteiger partial charge in [-0.25, -0.2) is 19.6 Å². The average Bonchev–Trinajstić information content (AvgIpc) is 3.62. The first-order chi connectivity index (χ1) is 19.1. The molecular formula is C28H29N9O2. The second-order valence-electron chi connectivity index (χ2n) is 9.64. The molecule has 198 valence electrons. The van der Waals surface area contributed by atoms with Crippen LogP contribution in [0.15, 0.2) is 73.4 Å². The molecule has 5 N–H and O–H groups in total. The Labute approximate surface area is 224 Å². The molecule has 1 aliphatic heterocycles. The van der Waals surface area contributed by atoms with E-state index < -0.39 is 6.04 Å². The third kappa shape index (κ3) is 5.04. The van der Waals surface area contributed by atoms with E-state index in [4.69, 9.17) is 21.3 Å². The van der Waals surface area contributed by atoms with Crippen LogP contribution in [0, 0.1) is 0 Å². The molecule has 1 fully saturated rings. The number of fused-ring (bicyclic) bond motifs is 1. The van der Waals surface area contributed by atoms with Crippen molar-refractivity contribution in [3.63, 3.8) is 0 Å². The Morgan fingerprint density at radius 1 is 1.08 bits per heavy atom. The Bertz CT molecular complexity index is 1570. The number of nitrogens with two attached hydrogens (primary N) is 2. The zero-order valence-corrected chi connectivity index (χ0v) is 21.3. The van der Waals surface area contributed by atoms with Gasteiger partial charge in [0.2, 0.25) is 5.91 Å². The quantitative estimate of drug-likeness (QED) is 0.294. The van der Waals surface area contributed by atoms with Crippen molar-refractivity contribution < 1.29 is 9.53 Å². The Balaban J connectivity index is 1.26. The second-order valence-corrected chi connectivity index (χ2v) is 9.64. The first-order valence-electron chi connectivity index (χ1n) is 12.9. The molecule has 1 saturated heterocycles. The van der Waals surface area contributed by atoms with Gasteiger partial charge in [0.25, 0.3) is 0 Å². The number of hydrogen-bond donors (Lipinski definition) is 3. The summed E-state index contributed by atoms with van der Waals surface area (Å²) in [5.74, 6) is 1.74. The van der Waals surface area contributed by atoms with Gasteiger partial charge in [-0.05, 0) is 49.2 Å². The van der Waals surface area contributed by atoms with Gasteiger partial charge in [-0.1, -0.05) is 18.2 Å². The van der Waals surface area contributed by atoms with E-state index in [1.807, 2.05) is 64.2 Å². The topological polar surface area (TPSA) is 154 Å². The zero-order chi connectivity index (χ0) is 26.8. The fourth-order valence-corrected chi connectivity index (χ4v) is 5.06. The summed E-state index contributed by atoms with van der Waals surface area (Å²) in [5, 5.41) is 5.66. The number of amides is 1. The molecule has 0 aliphatic carbocycles. The molecule has 0 bridgehead atoms. The van der Waals surface area contributed by atoms with E-state index in [0.29, 0.717) is 47.8 Å². The van der Waals surface area contributed by atoms with Crippen LogP contribution in [0.1, 0.15) is 24.6 Å². The molecule has 2 unspecified atom stereocenters. The van der Waals surface area contributed by atoms with Crippen LogP contribution >= 0.6 is 0 Å². The summed E-state index contributed by atoms with van der Waals surface area (Å²) in [6.07, 6.45) is 6.85. The maximum absolute atomic E-state index is 13.2. The highest BCUT2D eigenvalue weighted by Gasteiger charge is 2.31. The molecule has 1 amide bonds. The van der Waals surface area contributed by atoms with Gasteiger partial charge in [-0.15, -0.1) is 0 Å². The number of para-hydroxylation sites is 1. The van der Waals surface area contributed by atoms with Gasteiger partial charge in [-0.2, -0.15) is 5.10 Å². The van der Waals surface area contributed by atoms with Crippen molar-refractivity contribution in [2.24, 2.45) is 5.73 Å². The van der Waals surface area contributed by atoms with Crippen molar-refractivity contribution in [3.05, 3.63) is 79.1 Å². The first-order valence-corrected chi connectivity index (χ1v) is 12.9. The number of carbonyl (C=O) groups is 1. The van der Waals surface area contributed by atoms with Crippen molar-refractivity contribution >= 4 is 22.8 Å². The summed E-state index contributed by atoms with van der Waals surface area (Å²) < 4.78 is 7.82. The molecule has 0 spiro atoms. The van der Waals surface area contributed by atoms with Crippen LogP contribution < -0.4 is 16.2 Å². The van der Waals surface area contributed by atoms with Crippen LogP contribution in [0.3, 0.4) is 0 Å². The van der Waals surface area contributed by atoms with Gasteiger partial charge in [0.05, 0.1) is 29.5 Å². The van der Waals surface area contributed by atoms with Gasteiger partial charge < -0.3 is 26.1 Å². The van der Waals surface area contributed by atoms with E-state index in [9.17, 15) is 4.79 Å². The number of carbonyl (C=O) groups excluding carboxylic acids is 1. The second kappa shape index (κ2) is 10.5. The summed E-state index contributed by atoms with van der Waals surface area (Å²) >= 11 is 0. The van der Waals surface area contributed by atoms with Crippen LogP contribution in [0.25, 0.3) is 22.3 Å². The maximum atomic E-state index is 13.2. The Kier molecular flexibility index (Phi) is 6.64. The number of benzene rings is 2. The Hall–Kier alpha value is -4.77. The number of hydrogen-bond acceptors (Lipinski definition) is 8. The summed E-state index contributed by atoms with van der Waals surface area (Å²) in [6.45, 7) is 1.13. The number of imidazole rings is 1. The third-order valence-corrected chi connectivity index (χ3v) is 6.98.